The minimum atomic E-state index is -0.976. The maximum Gasteiger partial charge on any atom is 0.321 e. The molecular weight excluding hydrogens is 402 g/mol. The fourth-order valence-electron chi connectivity index (χ4n) is 3.96. The SMILES string of the molecule is CCCCCCCCCCCCCCCNC(CC(=O)OCCCCCCCC)C(=O)O. The van der Waals surface area contributed by atoms with E-state index in [1.54, 1.807) is 0 Å². The quantitative estimate of drug-likeness (QED) is 0.111. The van der Waals surface area contributed by atoms with Crippen LogP contribution in [0.25, 0.3) is 0 Å². The van der Waals surface area contributed by atoms with Crippen LogP contribution >= 0.6 is 0 Å². The van der Waals surface area contributed by atoms with Gasteiger partial charge in [0.15, 0.2) is 0 Å². The van der Waals surface area contributed by atoms with Crippen molar-refractivity contribution < 1.29 is 19.4 Å². The molecule has 0 heterocycles. The third kappa shape index (κ3) is 22.1. The van der Waals surface area contributed by atoms with Crippen molar-refractivity contribution in [3.05, 3.63) is 0 Å². The predicted molar refractivity (Wildman–Crippen MR) is 134 cm³/mol. The summed E-state index contributed by atoms with van der Waals surface area (Å²) in [5, 5.41) is 12.4. The monoisotopic (exact) mass is 455 g/mol. The number of nitrogens with one attached hydrogen (secondary N) is 1. The van der Waals surface area contributed by atoms with Gasteiger partial charge in [0.2, 0.25) is 0 Å². The van der Waals surface area contributed by atoms with Crippen LogP contribution in [-0.2, 0) is 14.3 Å². The second kappa shape index (κ2) is 24.5. The first-order chi connectivity index (χ1) is 15.6. The molecule has 0 aliphatic heterocycles. The first-order valence-corrected chi connectivity index (χ1v) is 13.7. The van der Waals surface area contributed by atoms with Crippen LogP contribution < -0.4 is 5.32 Å². The molecule has 0 amide bonds. The van der Waals surface area contributed by atoms with Gasteiger partial charge in [-0.05, 0) is 19.4 Å². The molecule has 5 nitrogen and oxygen atoms in total. The van der Waals surface area contributed by atoms with Crippen molar-refractivity contribution >= 4 is 11.9 Å². The minimum absolute atomic E-state index is 0.0936. The summed E-state index contributed by atoms with van der Waals surface area (Å²) in [6.45, 7) is 5.48. The van der Waals surface area contributed by atoms with Gasteiger partial charge in [-0.15, -0.1) is 0 Å². The molecule has 0 aliphatic rings. The van der Waals surface area contributed by atoms with E-state index in [-0.39, 0.29) is 6.42 Å². The molecule has 0 aromatic carbocycles. The van der Waals surface area contributed by atoms with Gasteiger partial charge in [-0.3, -0.25) is 9.59 Å². The van der Waals surface area contributed by atoms with Crippen LogP contribution in [0.2, 0.25) is 0 Å². The molecule has 1 atom stereocenters. The Hall–Kier alpha value is -1.10. The summed E-state index contributed by atoms with van der Waals surface area (Å²) < 4.78 is 5.21. The fraction of sp³-hybridized carbons (Fsp3) is 0.926. The standard InChI is InChI=1S/C27H53NO4/c1-3-5-7-9-11-12-13-14-15-16-17-18-20-22-28-25(27(30)31)24-26(29)32-23-21-19-10-8-6-4-2/h25,28H,3-24H2,1-2H3,(H,30,31). The van der Waals surface area contributed by atoms with Crippen molar-refractivity contribution in [1.82, 2.24) is 5.32 Å². The Morgan fingerprint density at radius 2 is 1.06 bits per heavy atom. The van der Waals surface area contributed by atoms with Crippen molar-refractivity contribution in [2.24, 2.45) is 0 Å². The Morgan fingerprint density at radius 1 is 0.656 bits per heavy atom. The number of carboxylic acids is 1. The molecule has 32 heavy (non-hydrogen) atoms. The molecule has 1 unspecified atom stereocenters. The number of carboxylic acid groups (broad SMARTS) is 1. The summed E-state index contributed by atoms with van der Waals surface area (Å²) in [5.41, 5.74) is 0. The van der Waals surface area contributed by atoms with Gasteiger partial charge in [-0.1, -0.05) is 123 Å². The highest BCUT2D eigenvalue weighted by Crippen LogP contribution is 2.12. The number of hydrogen-bond acceptors (Lipinski definition) is 4. The molecule has 0 aromatic heterocycles. The molecule has 0 spiro atoms. The molecule has 0 radical (unpaired) electrons. The number of carbonyl (C=O) groups excluding carboxylic acids is 1. The molecule has 0 fully saturated rings. The summed E-state index contributed by atoms with van der Waals surface area (Å²) in [5.74, 6) is -1.39. The van der Waals surface area contributed by atoms with Crippen LogP contribution in [0.3, 0.4) is 0 Å². The fourth-order valence-corrected chi connectivity index (χ4v) is 3.96. The Bertz CT molecular complexity index is 428. The van der Waals surface area contributed by atoms with Gasteiger partial charge in [0.05, 0.1) is 13.0 Å². The van der Waals surface area contributed by atoms with Crippen LogP contribution in [0.5, 0.6) is 0 Å². The molecule has 0 bridgehead atoms. The molecule has 5 heteroatoms. The summed E-state index contributed by atoms with van der Waals surface area (Å²) in [4.78, 5) is 23.3. The zero-order valence-electron chi connectivity index (χ0n) is 21.3. The number of carbonyl (C=O) groups is 2. The molecule has 0 aromatic rings. The summed E-state index contributed by atoms with van der Waals surface area (Å²) in [6.07, 6.45) is 23.5. The number of rotatable bonds is 25. The number of aliphatic carboxylic acids is 1. The Kier molecular flexibility index (Phi) is 23.7. The van der Waals surface area contributed by atoms with Crippen LogP contribution in [0, 0.1) is 0 Å². The molecule has 0 saturated heterocycles. The molecular formula is C27H53NO4. The average molecular weight is 456 g/mol. The first-order valence-electron chi connectivity index (χ1n) is 13.7. The van der Waals surface area contributed by atoms with Gasteiger partial charge in [0.1, 0.15) is 6.04 Å². The zero-order chi connectivity index (χ0) is 23.7. The van der Waals surface area contributed by atoms with Crippen molar-refractivity contribution in [3.8, 4) is 0 Å². The lowest BCUT2D eigenvalue weighted by Gasteiger charge is -2.14. The van der Waals surface area contributed by atoms with Crippen LogP contribution in [0.1, 0.15) is 142 Å². The third-order valence-electron chi connectivity index (χ3n) is 6.10. The van der Waals surface area contributed by atoms with Gasteiger partial charge < -0.3 is 15.2 Å². The van der Waals surface area contributed by atoms with Gasteiger partial charge in [-0.25, -0.2) is 0 Å². The summed E-state index contributed by atoms with van der Waals surface area (Å²) in [7, 11) is 0. The smallest absolute Gasteiger partial charge is 0.321 e. The topological polar surface area (TPSA) is 75.6 Å². The van der Waals surface area contributed by atoms with E-state index in [4.69, 9.17) is 4.74 Å². The van der Waals surface area contributed by atoms with Gasteiger partial charge >= 0.3 is 11.9 Å². The van der Waals surface area contributed by atoms with Crippen LogP contribution in [0.15, 0.2) is 0 Å². The van der Waals surface area contributed by atoms with Crippen molar-refractivity contribution in [2.75, 3.05) is 13.2 Å². The highest BCUT2D eigenvalue weighted by atomic mass is 16.5. The molecule has 0 aliphatic carbocycles. The third-order valence-corrected chi connectivity index (χ3v) is 6.10. The normalized spacial score (nSPS) is 12.1. The minimum Gasteiger partial charge on any atom is -0.480 e. The Morgan fingerprint density at radius 3 is 1.50 bits per heavy atom. The highest BCUT2D eigenvalue weighted by Gasteiger charge is 2.21. The van der Waals surface area contributed by atoms with E-state index < -0.39 is 18.0 Å². The van der Waals surface area contributed by atoms with E-state index in [0.717, 1.165) is 25.7 Å². The van der Waals surface area contributed by atoms with E-state index in [2.05, 4.69) is 19.2 Å². The van der Waals surface area contributed by atoms with E-state index in [1.807, 2.05) is 0 Å². The highest BCUT2D eigenvalue weighted by molar-refractivity contribution is 5.81. The molecule has 0 saturated carbocycles. The lowest BCUT2D eigenvalue weighted by atomic mass is 10.0. The van der Waals surface area contributed by atoms with Crippen molar-refractivity contribution in [1.29, 1.82) is 0 Å². The molecule has 2 N–H and O–H groups in total. The van der Waals surface area contributed by atoms with E-state index in [1.165, 1.54) is 96.3 Å². The number of ether oxygens (including phenoxy) is 1. The van der Waals surface area contributed by atoms with Crippen LogP contribution in [-0.4, -0.2) is 36.2 Å². The maximum atomic E-state index is 11.9. The second-order valence-electron chi connectivity index (χ2n) is 9.28. The number of hydrogen-bond donors (Lipinski definition) is 2. The van der Waals surface area contributed by atoms with Crippen molar-refractivity contribution in [3.63, 3.8) is 0 Å². The van der Waals surface area contributed by atoms with E-state index >= 15 is 0 Å². The summed E-state index contributed by atoms with van der Waals surface area (Å²) >= 11 is 0. The Labute approximate surface area is 198 Å². The van der Waals surface area contributed by atoms with Gasteiger partial charge in [0.25, 0.3) is 0 Å². The summed E-state index contributed by atoms with van der Waals surface area (Å²) in [6, 6.07) is -0.843. The van der Waals surface area contributed by atoms with Crippen molar-refractivity contribution in [2.45, 2.75) is 148 Å². The van der Waals surface area contributed by atoms with E-state index in [0.29, 0.717) is 13.2 Å². The van der Waals surface area contributed by atoms with Gasteiger partial charge in [-0.2, -0.15) is 0 Å². The molecule has 190 valence electrons. The van der Waals surface area contributed by atoms with Crippen LogP contribution in [0.4, 0.5) is 0 Å². The largest absolute Gasteiger partial charge is 0.480 e. The lowest BCUT2D eigenvalue weighted by Crippen LogP contribution is -2.39. The zero-order valence-corrected chi connectivity index (χ0v) is 21.3. The second-order valence-corrected chi connectivity index (χ2v) is 9.28. The number of unbranched alkanes of at least 4 members (excludes halogenated alkanes) is 17. The lowest BCUT2D eigenvalue weighted by molar-refractivity contribution is -0.149. The predicted octanol–water partition coefficient (Wildman–Crippen LogP) is 7.41. The number of esters is 1. The van der Waals surface area contributed by atoms with E-state index in [9.17, 15) is 14.7 Å². The first kappa shape index (κ1) is 30.9. The average Bonchev–Trinajstić information content (AvgIpc) is 2.77. The molecule has 0 rings (SSSR count). The maximum absolute atomic E-state index is 11.9. The Balaban J connectivity index is 3.57. The van der Waals surface area contributed by atoms with Gasteiger partial charge in [0, 0.05) is 0 Å².